The van der Waals surface area contributed by atoms with Crippen LogP contribution >= 0.6 is 0 Å². The summed E-state index contributed by atoms with van der Waals surface area (Å²) >= 11 is 0. The molecule has 0 spiro atoms. The second-order valence-corrected chi connectivity index (χ2v) is 6.12. The molecule has 1 aliphatic heterocycles. The molecule has 1 unspecified atom stereocenters. The molecule has 1 atom stereocenters. The molecule has 0 radical (unpaired) electrons. The Labute approximate surface area is 139 Å². The van der Waals surface area contributed by atoms with Crippen molar-refractivity contribution in [1.29, 1.82) is 0 Å². The smallest absolute Gasteiger partial charge is 0.224 e. The minimum absolute atomic E-state index is 0.262. The first-order valence-electron chi connectivity index (χ1n) is 8.05. The number of ether oxygens (including phenoxy) is 1. The summed E-state index contributed by atoms with van der Waals surface area (Å²) in [4.78, 5) is 11.0. The van der Waals surface area contributed by atoms with Gasteiger partial charge in [-0.05, 0) is 37.0 Å². The third kappa shape index (κ3) is 2.33. The van der Waals surface area contributed by atoms with Gasteiger partial charge in [-0.25, -0.2) is 0 Å². The van der Waals surface area contributed by atoms with E-state index in [0.717, 1.165) is 41.9 Å². The standard InChI is InChI=1S/C17H20N6O/c1-10-8-11(5-6-14(10)24-2)13-4-3-7-23(13)16-12-9-19-22-15(12)20-17(18)21-16/h5-6,8-9,13H,3-4,7H2,1-2H3,(H3,18,19,20,21,22). The molecule has 124 valence electrons. The van der Waals surface area contributed by atoms with E-state index in [9.17, 15) is 0 Å². The minimum atomic E-state index is 0.262. The summed E-state index contributed by atoms with van der Waals surface area (Å²) in [7, 11) is 1.70. The minimum Gasteiger partial charge on any atom is -0.496 e. The summed E-state index contributed by atoms with van der Waals surface area (Å²) in [5, 5.41) is 7.87. The molecule has 7 nitrogen and oxygen atoms in total. The lowest BCUT2D eigenvalue weighted by atomic mass is 10.0. The van der Waals surface area contributed by atoms with Crippen LogP contribution in [0.2, 0.25) is 0 Å². The molecule has 4 rings (SSSR count). The first-order valence-corrected chi connectivity index (χ1v) is 8.05. The van der Waals surface area contributed by atoms with Crippen LogP contribution < -0.4 is 15.4 Å². The fourth-order valence-corrected chi connectivity index (χ4v) is 3.53. The number of hydrogen-bond acceptors (Lipinski definition) is 6. The van der Waals surface area contributed by atoms with Crippen LogP contribution in [-0.4, -0.2) is 33.8 Å². The van der Waals surface area contributed by atoms with E-state index in [-0.39, 0.29) is 12.0 Å². The van der Waals surface area contributed by atoms with Gasteiger partial charge in [0.15, 0.2) is 5.65 Å². The SMILES string of the molecule is COc1ccc(C2CCCN2c2nc(N)nc3[nH]ncc23)cc1C. The monoisotopic (exact) mass is 324 g/mol. The topological polar surface area (TPSA) is 93.0 Å². The molecular formula is C17H20N6O. The van der Waals surface area contributed by atoms with Gasteiger partial charge in [0.2, 0.25) is 5.95 Å². The molecular weight excluding hydrogens is 304 g/mol. The molecule has 0 bridgehead atoms. The van der Waals surface area contributed by atoms with Crippen LogP contribution in [0.3, 0.4) is 0 Å². The second kappa shape index (κ2) is 5.67. The number of aromatic nitrogens is 4. The van der Waals surface area contributed by atoms with Gasteiger partial charge >= 0.3 is 0 Å². The van der Waals surface area contributed by atoms with Crippen LogP contribution in [0.5, 0.6) is 5.75 Å². The lowest BCUT2D eigenvalue weighted by Gasteiger charge is -2.27. The molecule has 1 aliphatic rings. The van der Waals surface area contributed by atoms with Gasteiger partial charge in [-0.15, -0.1) is 0 Å². The van der Waals surface area contributed by atoms with E-state index in [1.54, 1.807) is 13.3 Å². The number of H-pyrrole nitrogens is 1. The second-order valence-electron chi connectivity index (χ2n) is 6.12. The number of nitrogens with one attached hydrogen (secondary N) is 1. The Balaban J connectivity index is 1.77. The summed E-state index contributed by atoms with van der Waals surface area (Å²) in [6.07, 6.45) is 3.95. The molecule has 7 heteroatoms. The number of nitrogen functional groups attached to an aromatic ring is 1. The third-order valence-corrected chi connectivity index (χ3v) is 4.64. The van der Waals surface area contributed by atoms with Gasteiger partial charge in [-0.1, -0.05) is 12.1 Å². The van der Waals surface area contributed by atoms with E-state index < -0.39 is 0 Å². The van der Waals surface area contributed by atoms with Crippen LogP contribution in [0.1, 0.15) is 30.0 Å². The molecule has 1 fully saturated rings. The molecule has 3 N–H and O–H groups in total. The molecule has 1 saturated heterocycles. The number of rotatable bonds is 3. The Morgan fingerprint density at radius 2 is 2.21 bits per heavy atom. The predicted octanol–water partition coefficient (Wildman–Crippen LogP) is 2.59. The Morgan fingerprint density at radius 3 is 3.00 bits per heavy atom. The zero-order valence-electron chi connectivity index (χ0n) is 13.8. The van der Waals surface area contributed by atoms with Crippen LogP contribution in [0.15, 0.2) is 24.4 Å². The fourth-order valence-electron chi connectivity index (χ4n) is 3.53. The highest BCUT2D eigenvalue weighted by atomic mass is 16.5. The highest BCUT2D eigenvalue weighted by Crippen LogP contribution is 2.39. The number of hydrogen-bond donors (Lipinski definition) is 2. The van der Waals surface area contributed by atoms with E-state index >= 15 is 0 Å². The number of nitrogens with zero attached hydrogens (tertiary/aromatic N) is 4. The number of nitrogens with two attached hydrogens (primary N) is 1. The van der Waals surface area contributed by atoms with E-state index in [2.05, 4.69) is 44.1 Å². The van der Waals surface area contributed by atoms with Crippen molar-refractivity contribution in [3.63, 3.8) is 0 Å². The predicted molar refractivity (Wildman–Crippen MR) is 93.1 cm³/mol. The highest BCUT2D eigenvalue weighted by molar-refractivity contribution is 5.87. The Kier molecular flexibility index (Phi) is 3.48. The van der Waals surface area contributed by atoms with Crippen molar-refractivity contribution in [2.24, 2.45) is 0 Å². The van der Waals surface area contributed by atoms with Gasteiger partial charge in [0.25, 0.3) is 0 Å². The normalized spacial score (nSPS) is 17.6. The van der Waals surface area contributed by atoms with Crippen molar-refractivity contribution in [3.05, 3.63) is 35.5 Å². The number of fused-ring (bicyclic) bond motifs is 1. The van der Waals surface area contributed by atoms with E-state index in [1.807, 2.05) is 6.07 Å². The molecule has 0 aliphatic carbocycles. The van der Waals surface area contributed by atoms with Crippen LogP contribution in [0.25, 0.3) is 11.0 Å². The molecule has 3 aromatic rings. The molecule has 0 amide bonds. The van der Waals surface area contributed by atoms with Gasteiger partial charge in [-0.3, -0.25) is 5.10 Å². The lowest BCUT2D eigenvalue weighted by molar-refractivity contribution is 0.411. The van der Waals surface area contributed by atoms with Gasteiger partial charge in [0, 0.05) is 6.54 Å². The summed E-state index contributed by atoms with van der Waals surface area (Å²) in [5.74, 6) is 2.02. The summed E-state index contributed by atoms with van der Waals surface area (Å²) in [6, 6.07) is 6.62. The van der Waals surface area contributed by atoms with E-state index in [4.69, 9.17) is 10.5 Å². The van der Waals surface area contributed by atoms with Gasteiger partial charge in [0.1, 0.15) is 11.6 Å². The highest BCUT2D eigenvalue weighted by Gasteiger charge is 2.29. The van der Waals surface area contributed by atoms with Gasteiger partial charge < -0.3 is 15.4 Å². The lowest BCUT2D eigenvalue weighted by Crippen LogP contribution is -2.24. The molecule has 2 aromatic heterocycles. The maximum atomic E-state index is 5.88. The van der Waals surface area contributed by atoms with Crippen molar-refractivity contribution in [3.8, 4) is 5.75 Å². The maximum absolute atomic E-state index is 5.88. The average Bonchev–Trinajstić information content (AvgIpc) is 3.22. The molecule has 1 aromatic carbocycles. The molecule has 24 heavy (non-hydrogen) atoms. The Bertz CT molecular complexity index is 890. The van der Waals surface area contributed by atoms with Crippen molar-refractivity contribution in [2.45, 2.75) is 25.8 Å². The average molecular weight is 324 g/mol. The summed E-state index contributed by atoms with van der Waals surface area (Å²) in [6.45, 7) is 3.01. The maximum Gasteiger partial charge on any atom is 0.224 e. The number of methoxy groups -OCH3 is 1. The summed E-state index contributed by atoms with van der Waals surface area (Å²) in [5.41, 5.74) is 8.96. The number of benzene rings is 1. The quantitative estimate of drug-likeness (QED) is 0.769. The van der Waals surface area contributed by atoms with Crippen LogP contribution in [-0.2, 0) is 0 Å². The van der Waals surface area contributed by atoms with Crippen molar-refractivity contribution < 1.29 is 4.74 Å². The van der Waals surface area contributed by atoms with Crippen LogP contribution in [0.4, 0.5) is 11.8 Å². The number of anilines is 2. The first kappa shape index (κ1) is 14.7. The summed E-state index contributed by atoms with van der Waals surface area (Å²) < 4.78 is 5.37. The first-order chi connectivity index (χ1) is 11.7. The molecule has 0 saturated carbocycles. The zero-order valence-corrected chi connectivity index (χ0v) is 13.8. The van der Waals surface area contributed by atoms with Gasteiger partial charge in [-0.2, -0.15) is 15.1 Å². The van der Waals surface area contributed by atoms with E-state index in [0.29, 0.717) is 5.65 Å². The zero-order chi connectivity index (χ0) is 16.7. The Morgan fingerprint density at radius 1 is 1.33 bits per heavy atom. The Hall–Kier alpha value is -2.83. The largest absolute Gasteiger partial charge is 0.496 e. The van der Waals surface area contributed by atoms with E-state index in [1.165, 1.54) is 5.56 Å². The molecule has 3 heterocycles. The van der Waals surface area contributed by atoms with Crippen molar-refractivity contribution >= 4 is 22.8 Å². The van der Waals surface area contributed by atoms with Crippen molar-refractivity contribution in [2.75, 3.05) is 24.3 Å². The van der Waals surface area contributed by atoms with Gasteiger partial charge in [0.05, 0.1) is 24.7 Å². The number of aromatic amines is 1. The third-order valence-electron chi connectivity index (χ3n) is 4.64. The fraction of sp³-hybridized carbons (Fsp3) is 0.353. The number of aryl methyl sites for hydroxylation is 1. The van der Waals surface area contributed by atoms with Crippen LogP contribution in [0, 0.1) is 6.92 Å². The van der Waals surface area contributed by atoms with Crippen molar-refractivity contribution in [1.82, 2.24) is 20.2 Å².